The highest BCUT2D eigenvalue weighted by molar-refractivity contribution is 14.1. The van der Waals surface area contributed by atoms with Gasteiger partial charge in [0.15, 0.2) is 6.61 Å². The number of carbonyl (C=O) groups is 1. The third-order valence-electron chi connectivity index (χ3n) is 2.81. The maximum atomic E-state index is 11.9. The molecular weight excluding hydrogens is 452 g/mol. The SMILES string of the molecule is Cc1cc(C#N)cc(I)c1OC(=O)COc1ccc(Cl)cc1Cl. The smallest absolute Gasteiger partial charge is 0.349 e. The van der Waals surface area contributed by atoms with Gasteiger partial charge in [-0.3, -0.25) is 0 Å². The standard InChI is InChI=1S/C16H10Cl2INO3/c1-9-4-10(7-20)5-13(19)16(9)23-15(21)8-22-14-3-2-11(17)6-12(14)18/h2-6H,8H2,1H3. The van der Waals surface area contributed by atoms with Crippen LogP contribution in [0.25, 0.3) is 0 Å². The Morgan fingerprint density at radius 2 is 2.04 bits per heavy atom. The van der Waals surface area contributed by atoms with Crippen molar-refractivity contribution in [3.05, 3.63) is 55.1 Å². The van der Waals surface area contributed by atoms with Crippen LogP contribution in [0.15, 0.2) is 30.3 Å². The second kappa shape index (κ2) is 7.86. The van der Waals surface area contributed by atoms with E-state index >= 15 is 0 Å². The molecule has 0 radical (unpaired) electrons. The summed E-state index contributed by atoms with van der Waals surface area (Å²) < 4.78 is 11.3. The molecule has 23 heavy (non-hydrogen) atoms. The first-order chi connectivity index (χ1) is 10.9. The van der Waals surface area contributed by atoms with Crippen LogP contribution in [0.1, 0.15) is 11.1 Å². The van der Waals surface area contributed by atoms with Crippen LogP contribution in [0, 0.1) is 21.8 Å². The zero-order chi connectivity index (χ0) is 17.0. The summed E-state index contributed by atoms with van der Waals surface area (Å²) in [6.45, 7) is 1.47. The summed E-state index contributed by atoms with van der Waals surface area (Å²) >= 11 is 13.8. The molecule has 2 rings (SSSR count). The largest absolute Gasteiger partial charge is 0.480 e. The number of halogens is 3. The van der Waals surface area contributed by atoms with Crippen LogP contribution in [0.4, 0.5) is 0 Å². The lowest BCUT2D eigenvalue weighted by atomic mass is 10.1. The molecule has 0 amide bonds. The molecule has 2 aromatic rings. The van der Waals surface area contributed by atoms with Crippen molar-refractivity contribution in [2.24, 2.45) is 0 Å². The molecule has 118 valence electrons. The summed E-state index contributed by atoms with van der Waals surface area (Å²) in [5.74, 6) is 0.196. The Labute approximate surface area is 157 Å². The molecule has 0 N–H and O–H groups in total. The number of nitriles is 1. The molecule has 0 saturated carbocycles. The molecule has 0 aliphatic rings. The number of nitrogens with zero attached hydrogens (tertiary/aromatic N) is 1. The van der Waals surface area contributed by atoms with Crippen molar-refractivity contribution in [3.63, 3.8) is 0 Å². The van der Waals surface area contributed by atoms with Crippen molar-refractivity contribution in [1.29, 1.82) is 5.26 Å². The van der Waals surface area contributed by atoms with E-state index in [1.165, 1.54) is 6.07 Å². The van der Waals surface area contributed by atoms with Crippen LogP contribution < -0.4 is 9.47 Å². The van der Waals surface area contributed by atoms with Crippen LogP contribution in [0.5, 0.6) is 11.5 Å². The Kier molecular flexibility index (Phi) is 6.10. The van der Waals surface area contributed by atoms with Crippen molar-refractivity contribution < 1.29 is 14.3 Å². The van der Waals surface area contributed by atoms with E-state index < -0.39 is 5.97 Å². The van der Waals surface area contributed by atoms with Gasteiger partial charge in [0, 0.05) is 5.02 Å². The van der Waals surface area contributed by atoms with Gasteiger partial charge in [-0.25, -0.2) is 4.79 Å². The van der Waals surface area contributed by atoms with Crippen molar-refractivity contribution in [1.82, 2.24) is 0 Å². The van der Waals surface area contributed by atoms with Crippen LogP contribution in [-0.4, -0.2) is 12.6 Å². The van der Waals surface area contributed by atoms with E-state index in [1.54, 1.807) is 31.2 Å². The maximum Gasteiger partial charge on any atom is 0.349 e. The fraction of sp³-hybridized carbons (Fsp3) is 0.125. The average Bonchev–Trinajstić information content (AvgIpc) is 2.49. The number of benzene rings is 2. The number of rotatable bonds is 4. The van der Waals surface area contributed by atoms with Crippen molar-refractivity contribution in [2.75, 3.05) is 6.61 Å². The molecule has 0 aliphatic heterocycles. The maximum absolute atomic E-state index is 11.9. The Hall–Kier alpha value is -1.49. The molecule has 0 atom stereocenters. The van der Waals surface area contributed by atoms with Gasteiger partial charge in [-0.2, -0.15) is 5.26 Å². The second-order valence-electron chi connectivity index (χ2n) is 4.55. The summed E-state index contributed by atoms with van der Waals surface area (Å²) in [6, 6.07) is 10.1. The van der Waals surface area contributed by atoms with Gasteiger partial charge in [0.2, 0.25) is 0 Å². The zero-order valence-corrected chi connectivity index (χ0v) is 15.6. The predicted molar refractivity (Wildman–Crippen MR) is 96.2 cm³/mol. The summed E-state index contributed by atoms with van der Waals surface area (Å²) in [5, 5.41) is 9.71. The van der Waals surface area contributed by atoms with Gasteiger partial charge < -0.3 is 9.47 Å². The van der Waals surface area contributed by atoms with E-state index in [4.69, 9.17) is 37.9 Å². The van der Waals surface area contributed by atoms with Crippen molar-refractivity contribution in [3.8, 4) is 17.6 Å². The molecule has 0 aliphatic carbocycles. The fourth-order valence-corrected chi connectivity index (χ4v) is 3.13. The first kappa shape index (κ1) is 17.9. The van der Waals surface area contributed by atoms with E-state index in [1.807, 2.05) is 22.6 Å². The molecule has 7 heteroatoms. The summed E-state index contributed by atoms with van der Waals surface area (Å²) in [6.07, 6.45) is 0. The molecule has 0 bridgehead atoms. The normalized spacial score (nSPS) is 10.0. The molecule has 0 fully saturated rings. The van der Waals surface area contributed by atoms with E-state index in [-0.39, 0.29) is 6.61 Å². The Balaban J connectivity index is 2.04. The second-order valence-corrected chi connectivity index (χ2v) is 6.56. The van der Waals surface area contributed by atoms with Crippen LogP contribution in [0.2, 0.25) is 10.0 Å². The Bertz CT molecular complexity index is 779. The van der Waals surface area contributed by atoms with Gasteiger partial charge in [-0.15, -0.1) is 0 Å². The minimum absolute atomic E-state index is 0.295. The number of hydrogen-bond donors (Lipinski definition) is 0. The number of hydrogen-bond acceptors (Lipinski definition) is 4. The zero-order valence-electron chi connectivity index (χ0n) is 11.9. The minimum Gasteiger partial charge on any atom is -0.480 e. The molecule has 0 aromatic heterocycles. The number of aryl methyl sites for hydroxylation is 1. The molecular formula is C16H10Cl2INO3. The summed E-state index contributed by atoms with van der Waals surface area (Å²) in [7, 11) is 0. The number of esters is 1. The van der Waals surface area contributed by atoms with Crippen molar-refractivity contribution in [2.45, 2.75) is 6.92 Å². The van der Waals surface area contributed by atoms with Gasteiger partial charge >= 0.3 is 5.97 Å². The lowest BCUT2D eigenvalue weighted by molar-refractivity contribution is -0.136. The first-order valence-electron chi connectivity index (χ1n) is 6.39. The van der Waals surface area contributed by atoms with E-state index in [0.29, 0.717) is 36.2 Å². The Morgan fingerprint density at radius 3 is 2.65 bits per heavy atom. The third kappa shape index (κ3) is 4.74. The third-order valence-corrected chi connectivity index (χ3v) is 4.15. The fourth-order valence-electron chi connectivity index (χ4n) is 1.80. The molecule has 0 heterocycles. The molecule has 0 spiro atoms. The van der Waals surface area contributed by atoms with Crippen LogP contribution in [0.3, 0.4) is 0 Å². The average molecular weight is 462 g/mol. The van der Waals surface area contributed by atoms with Crippen molar-refractivity contribution >= 4 is 51.8 Å². The molecule has 0 unspecified atom stereocenters. The molecule has 2 aromatic carbocycles. The highest BCUT2D eigenvalue weighted by Gasteiger charge is 2.14. The first-order valence-corrected chi connectivity index (χ1v) is 8.23. The highest BCUT2D eigenvalue weighted by atomic mass is 127. The lowest BCUT2D eigenvalue weighted by Crippen LogP contribution is -2.18. The number of ether oxygens (including phenoxy) is 2. The molecule has 0 saturated heterocycles. The van der Waals surface area contributed by atoms with Gasteiger partial charge in [-0.05, 0) is 65.4 Å². The minimum atomic E-state index is -0.568. The monoisotopic (exact) mass is 461 g/mol. The van der Waals surface area contributed by atoms with Gasteiger partial charge in [0.1, 0.15) is 11.5 Å². The highest BCUT2D eigenvalue weighted by Crippen LogP contribution is 2.29. The van der Waals surface area contributed by atoms with Crippen LogP contribution in [-0.2, 0) is 4.79 Å². The van der Waals surface area contributed by atoms with Gasteiger partial charge in [0.25, 0.3) is 0 Å². The van der Waals surface area contributed by atoms with E-state index in [9.17, 15) is 4.79 Å². The quantitative estimate of drug-likeness (QED) is 0.374. The van der Waals surface area contributed by atoms with E-state index in [0.717, 1.165) is 0 Å². The lowest BCUT2D eigenvalue weighted by Gasteiger charge is -2.11. The predicted octanol–water partition coefficient (Wildman–Crippen LogP) is 4.76. The summed E-state index contributed by atoms with van der Waals surface area (Å²) in [4.78, 5) is 11.9. The Morgan fingerprint density at radius 1 is 1.30 bits per heavy atom. The van der Waals surface area contributed by atoms with E-state index in [2.05, 4.69) is 6.07 Å². The number of carbonyl (C=O) groups excluding carboxylic acids is 1. The van der Waals surface area contributed by atoms with Crippen LogP contribution >= 0.6 is 45.8 Å². The summed E-state index contributed by atoms with van der Waals surface area (Å²) in [5.41, 5.74) is 1.21. The topological polar surface area (TPSA) is 59.3 Å². The van der Waals surface area contributed by atoms with Gasteiger partial charge in [0.05, 0.1) is 20.2 Å². The van der Waals surface area contributed by atoms with Gasteiger partial charge in [-0.1, -0.05) is 23.2 Å². The molecule has 4 nitrogen and oxygen atoms in total.